The molecular weight excluding hydrogens is 285 g/mol. The van der Waals surface area contributed by atoms with Crippen molar-refractivity contribution < 1.29 is 9.31 Å². The van der Waals surface area contributed by atoms with E-state index in [0.717, 1.165) is 6.07 Å². The summed E-state index contributed by atoms with van der Waals surface area (Å²) in [7, 11) is 0. The molecule has 1 N–H and O–H groups in total. The molecular formula is C13H11ClFN3O2. The second-order valence-electron chi connectivity index (χ2n) is 4.16. The summed E-state index contributed by atoms with van der Waals surface area (Å²) in [5, 5.41) is 13.7. The minimum atomic E-state index is -0.825. The van der Waals surface area contributed by atoms with Gasteiger partial charge < -0.3 is 5.32 Å². The van der Waals surface area contributed by atoms with Crippen LogP contribution in [0.3, 0.4) is 0 Å². The normalized spacial score (nSPS) is 11.9. The molecule has 1 unspecified atom stereocenters. The molecule has 0 aliphatic heterocycles. The standard InChI is InChI=1S/C13H11ClFN3O2/c1-8(11-4-2-3-5-16-11)17-12-6-9(14)10(15)7-13(12)18(19)20/h2-8,17H,1H3. The van der Waals surface area contributed by atoms with Crippen LogP contribution in [0.4, 0.5) is 15.8 Å². The van der Waals surface area contributed by atoms with Gasteiger partial charge in [0.15, 0.2) is 0 Å². The van der Waals surface area contributed by atoms with E-state index >= 15 is 0 Å². The van der Waals surface area contributed by atoms with Gasteiger partial charge in [-0.2, -0.15) is 0 Å². The number of nitrogens with zero attached hydrogens (tertiary/aromatic N) is 2. The van der Waals surface area contributed by atoms with Gasteiger partial charge in [0.1, 0.15) is 11.5 Å². The van der Waals surface area contributed by atoms with E-state index in [1.54, 1.807) is 25.3 Å². The van der Waals surface area contributed by atoms with Gasteiger partial charge in [0, 0.05) is 6.20 Å². The van der Waals surface area contributed by atoms with Crippen molar-refractivity contribution in [2.75, 3.05) is 5.32 Å². The number of hydrogen-bond acceptors (Lipinski definition) is 4. The molecule has 1 atom stereocenters. The van der Waals surface area contributed by atoms with Crippen LogP contribution in [-0.4, -0.2) is 9.91 Å². The van der Waals surface area contributed by atoms with Crippen molar-refractivity contribution in [1.82, 2.24) is 4.98 Å². The first-order valence-corrected chi connectivity index (χ1v) is 6.17. The number of nitrogens with one attached hydrogen (secondary N) is 1. The van der Waals surface area contributed by atoms with Gasteiger partial charge in [-0.05, 0) is 25.1 Å². The number of hydrogen-bond donors (Lipinski definition) is 1. The molecule has 2 aromatic rings. The van der Waals surface area contributed by atoms with E-state index in [2.05, 4.69) is 10.3 Å². The summed E-state index contributed by atoms with van der Waals surface area (Å²) in [6.07, 6.45) is 1.62. The predicted octanol–water partition coefficient (Wildman–Crippen LogP) is 3.96. The van der Waals surface area contributed by atoms with Gasteiger partial charge in [-0.3, -0.25) is 15.1 Å². The topological polar surface area (TPSA) is 68.1 Å². The van der Waals surface area contributed by atoms with E-state index in [0.29, 0.717) is 5.69 Å². The molecule has 0 saturated carbocycles. The number of nitro groups is 1. The average Bonchev–Trinajstić information content (AvgIpc) is 2.43. The lowest BCUT2D eigenvalue weighted by Gasteiger charge is -2.15. The average molecular weight is 296 g/mol. The largest absolute Gasteiger partial charge is 0.371 e. The lowest BCUT2D eigenvalue weighted by Crippen LogP contribution is -2.10. The Bertz CT molecular complexity index is 637. The van der Waals surface area contributed by atoms with Crippen LogP contribution in [0.5, 0.6) is 0 Å². The molecule has 20 heavy (non-hydrogen) atoms. The molecule has 1 aromatic carbocycles. The van der Waals surface area contributed by atoms with E-state index in [-0.39, 0.29) is 22.4 Å². The van der Waals surface area contributed by atoms with Crippen LogP contribution in [0.15, 0.2) is 36.5 Å². The fourth-order valence-corrected chi connectivity index (χ4v) is 1.91. The van der Waals surface area contributed by atoms with Gasteiger partial charge in [0.25, 0.3) is 5.69 Å². The van der Waals surface area contributed by atoms with Gasteiger partial charge in [0.2, 0.25) is 0 Å². The van der Waals surface area contributed by atoms with Crippen LogP contribution >= 0.6 is 11.6 Å². The first kappa shape index (κ1) is 14.2. The third kappa shape index (κ3) is 3.03. The summed E-state index contributed by atoms with van der Waals surface area (Å²) >= 11 is 5.67. The second-order valence-corrected chi connectivity index (χ2v) is 4.57. The van der Waals surface area contributed by atoms with E-state index in [1.165, 1.54) is 6.07 Å². The molecule has 7 heteroatoms. The Labute approximate surface area is 119 Å². The number of nitro benzene ring substituents is 1. The van der Waals surface area contributed by atoms with Crippen LogP contribution in [0.25, 0.3) is 0 Å². The van der Waals surface area contributed by atoms with Gasteiger partial charge in [-0.15, -0.1) is 0 Å². The number of aromatic nitrogens is 1. The summed E-state index contributed by atoms with van der Waals surface area (Å²) < 4.78 is 13.3. The van der Waals surface area contributed by atoms with Crippen LogP contribution in [0, 0.1) is 15.9 Å². The highest BCUT2D eigenvalue weighted by Gasteiger charge is 2.19. The molecule has 0 aliphatic rings. The Morgan fingerprint density at radius 3 is 2.80 bits per heavy atom. The molecule has 1 heterocycles. The summed E-state index contributed by atoms with van der Waals surface area (Å²) in [4.78, 5) is 14.4. The number of pyridine rings is 1. The van der Waals surface area contributed by atoms with Gasteiger partial charge in [-0.1, -0.05) is 17.7 Å². The fraction of sp³-hybridized carbons (Fsp3) is 0.154. The highest BCUT2D eigenvalue weighted by Crippen LogP contribution is 2.32. The van der Waals surface area contributed by atoms with Crippen molar-refractivity contribution in [3.8, 4) is 0 Å². The molecule has 0 radical (unpaired) electrons. The maximum atomic E-state index is 13.3. The summed E-state index contributed by atoms with van der Waals surface area (Å²) in [6.45, 7) is 1.79. The Kier molecular flexibility index (Phi) is 4.14. The lowest BCUT2D eigenvalue weighted by atomic mass is 10.2. The molecule has 0 fully saturated rings. The molecule has 0 saturated heterocycles. The van der Waals surface area contributed by atoms with Crippen molar-refractivity contribution in [1.29, 1.82) is 0 Å². The minimum absolute atomic E-state index is 0.152. The highest BCUT2D eigenvalue weighted by atomic mass is 35.5. The Morgan fingerprint density at radius 2 is 2.20 bits per heavy atom. The number of halogens is 2. The van der Waals surface area contributed by atoms with Crippen LogP contribution in [-0.2, 0) is 0 Å². The quantitative estimate of drug-likeness (QED) is 0.685. The van der Waals surface area contributed by atoms with Gasteiger partial charge >= 0.3 is 0 Å². The number of benzene rings is 1. The zero-order chi connectivity index (χ0) is 14.7. The summed E-state index contributed by atoms with van der Waals surface area (Å²) in [5.41, 5.74) is 0.497. The van der Waals surface area contributed by atoms with E-state index in [4.69, 9.17) is 11.6 Å². The third-order valence-electron chi connectivity index (χ3n) is 2.74. The fourth-order valence-electron chi connectivity index (χ4n) is 1.74. The molecule has 2 rings (SSSR count). The maximum absolute atomic E-state index is 13.3. The van der Waals surface area contributed by atoms with Gasteiger partial charge in [0.05, 0.1) is 27.7 Å². The summed E-state index contributed by atoms with van der Waals surface area (Å²) in [6, 6.07) is 7.09. The smallest absolute Gasteiger partial charge is 0.295 e. The highest BCUT2D eigenvalue weighted by molar-refractivity contribution is 6.31. The Morgan fingerprint density at radius 1 is 1.45 bits per heavy atom. The molecule has 1 aromatic heterocycles. The van der Waals surface area contributed by atoms with Crippen molar-refractivity contribution in [2.24, 2.45) is 0 Å². The molecule has 0 amide bonds. The van der Waals surface area contributed by atoms with Crippen molar-refractivity contribution >= 4 is 23.0 Å². The SMILES string of the molecule is CC(Nc1cc(Cl)c(F)cc1[N+](=O)[O-])c1ccccn1. The van der Waals surface area contributed by atoms with Crippen LogP contribution in [0.1, 0.15) is 18.7 Å². The molecule has 0 aliphatic carbocycles. The van der Waals surface area contributed by atoms with Crippen molar-refractivity contribution in [3.63, 3.8) is 0 Å². The second kappa shape index (κ2) is 5.83. The van der Waals surface area contributed by atoms with E-state index < -0.39 is 10.7 Å². The molecule has 5 nitrogen and oxygen atoms in total. The number of rotatable bonds is 4. The molecule has 0 bridgehead atoms. The lowest BCUT2D eigenvalue weighted by molar-refractivity contribution is -0.384. The third-order valence-corrected chi connectivity index (χ3v) is 3.03. The zero-order valence-electron chi connectivity index (χ0n) is 10.5. The molecule has 0 spiro atoms. The Balaban J connectivity index is 2.33. The number of anilines is 1. The first-order chi connectivity index (χ1) is 9.49. The Hall–Kier alpha value is -2.21. The van der Waals surface area contributed by atoms with Gasteiger partial charge in [-0.25, -0.2) is 4.39 Å². The zero-order valence-corrected chi connectivity index (χ0v) is 11.3. The molecule has 104 valence electrons. The van der Waals surface area contributed by atoms with E-state index in [9.17, 15) is 14.5 Å². The predicted molar refractivity (Wildman–Crippen MR) is 74.3 cm³/mol. The van der Waals surface area contributed by atoms with Crippen LogP contribution in [0.2, 0.25) is 5.02 Å². The minimum Gasteiger partial charge on any atom is -0.371 e. The van der Waals surface area contributed by atoms with Crippen molar-refractivity contribution in [2.45, 2.75) is 13.0 Å². The van der Waals surface area contributed by atoms with Crippen molar-refractivity contribution in [3.05, 3.63) is 63.2 Å². The van der Waals surface area contributed by atoms with Crippen LogP contribution < -0.4 is 5.32 Å². The summed E-state index contributed by atoms with van der Waals surface area (Å²) in [5.74, 6) is -0.825. The monoisotopic (exact) mass is 295 g/mol. The first-order valence-electron chi connectivity index (χ1n) is 5.80. The maximum Gasteiger partial charge on any atom is 0.295 e. The van der Waals surface area contributed by atoms with E-state index in [1.807, 2.05) is 6.07 Å².